The van der Waals surface area contributed by atoms with Gasteiger partial charge in [-0.3, -0.25) is 9.69 Å². The first-order chi connectivity index (χ1) is 10.9. The molecule has 1 heterocycles. The molecule has 1 N–H and O–H groups in total. The molecule has 0 aliphatic carbocycles. The summed E-state index contributed by atoms with van der Waals surface area (Å²) in [4.78, 5) is 36.3. The standard InChI is InChI=1S/C16H20N2O5/c1-10-4-5-11(2)13(8-10)22-9-14(19)23-12(3)15(20)18-7-6-17-16(18)21/h4-5,8,12H,6-7,9H2,1-3H3,(H,17,21). The van der Waals surface area contributed by atoms with Crippen LogP contribution in [0.25, 0.3) is 0 Å². The molecule has 0 spiro atoms. The van der Waals surface area contributed by atoms with Gasteiger partial charge in [0.1, 0.15) is 5.75 Å². The first kappa shape index (κ1) is 16.8. The molecule has 7 nitrogen and oxygen atoms in total. The summed E-state index contributed by atoms with van der Waals surface area (Å²) in [5.41, 5.74) is 1.92. The van der Waals surface area contributed by atoms with Crippen LogP contribution in [0.3, 0.4) is 0 Å². The highest BCUT2D eigenvalue weighted by molar-refractivity contribution is 5.98. The summed E-state index contributed by atoms with van der Waals surface area (Å²) < 4.78 is 10.5. The number of carbonyl (C=O) groups excluding carboxylic acids is 3. The van der Waals surface area contributed by atoms with E-state index in [1.54, 1.807) is 0 Å². The molecule has 1 saturated heterocycles. The number of urea groups is 1. The summed E-state index contributed by atoms with van der Waals surface area (Å²) in [5, 5.41) is 2.52. The van der Waals surface area contributed by atoms with Crippen LogP contribution in [0.4, 0.5) is 4.79 Å². The number of imide groups is 1. The number of hydrogen-bond donors (Lipinski definition) is 1. The minimum Gasteiger partial charge on any atom is -0.482 e. The summed E-state index contributed by atoms with van der Waals surface area (Å²) >= 11 is 0. The molecule has 0 saturated carbocycles. The molecule has 23 heavy (non-hydrogen) atoms. The Kier molecular flexibility index (Phi) is 5.20. The maximum absolute atomic E-state index is 12.0. The Labute approximate surface area is 134 Å². The third-order valence-corrected chi connectivity index (χ3v) is 3.47. The topological polar surface area (TPSA) is 84.9 Å². The van der Waals surface area contributed by atoms with Crippen molar-refractivity contribution < 1.29 is 23.9 Å². The second-order valence-corrected chi connectivity index (χ2v) is 5.41. The monoisotopic (exact) mass is 320 g/mol. The third kappa shape index (κ3) is 4.21. The maximum Gasteiger partial charge on any atom is 0.344 e. The van der Waals surface area contributed by atoms with Gasteiger partial charge in [-0.2, -0.15) is 0 Å². The van der Waals surface area contributed by atoms with Crippen molar-refractivity contribution in [2.24, 2.45) is 0 Å². The normalized spacial score (nSPS) is 15.1. The number of aryl methyl sites for hydroxylation is 2. The van der Waals surface area contributed by atoms with E-state index in [0.717, 1.165) is 16.0 Å². The molecule has 1 aromatic rings. The van der Waals surface area contributed by atoms with Crippen LogP contribution in [-0.2, 0) is 14.3 Å². The quantitative estimate of drug-likeness (QED) is 0.823. The number of rotatable bonds is 5. The van der Waals surface area contributed by atoms with Gasteiger partial charge in [0.15, 0.2) is 12.7 Å². The molecule has 1 atom stereocenters. The average molecular weight is 320 g/mol. The highest BCUT2D eigenvalue weighted by atomic mass is 16.6. The van der Waals surface area contributed by atoms with E-state index in [2.05, 4.69) is 5.32 Å². The zero-order chi connectivity index (χ0) is 17.0. The van der Waals surface area contributed by atoms with Gasteiger partial charge in [-0.25, -0.2) is 9.59 Å². The Morgan fingerprint density at radius 3 is 2.74 bits per heavy atom. The number of hydrogen-bond acceptors (Lipinski definition) is 5. The Morgan fingerprint density at radius 2 is 2.09 bits per heavy atom. The molecular formula is C16H20N2O5. The molecule has 1 aromatic carbocycles. The van der Waals surface area contributed by atoms with Gasteiger partial charge in [-0.15, -0.1) is 0 Å². The second-order valence-electron chi connectivity index (χ2n) is 5.41. The van der Waals surface area contributed by atoms with Crippen LogP contribution in [0.15, 0.2) is 18.2 Å². The van der Waals surface area contributed by atoms with E-state index in [4.69, 9.17) is 9.47 Å². The fourth-order valence-electron chi connectivity index (χ4n) is 2.18. The van der Waals surface area contributed by atoms with E-state index in [1.165, 1.54) is 6.92 Å². The Hall–Kier alpha value is -2.57. The summed E-state index contributed by atoms with van der Waals surface area (Å²) in [7, 11) is 0. The number of ether oxygens (including phenoxy) is 2. The van der Waals surface area contributed by atoms with Crippen LogP contribution in [0.2, 0.25) is 0 Å². The zero-order valence-electron chi connectivity index (χ0n) is 13.4. The first-order valence-electron chi connectivity index (χ1n) is 7.37. The van der Waals surface area contributed by atoms with Crippen molar-refractivity contribution in [1.29, 1.82) is 0 Å². The van der Waals surface area contributed by atoms with Gasteiger partial charge in [-0.1, -0.05) is 12.1 Å². The number of nitrogens with one attached hydrogen (secondary N) is 1. The molecule has 1 fully saturated rings. The van der Waals surface area contributed by atoms with Crippen molar-refractivity contribution in [1.82, 2.24) is 10.2 Å². The number of benzene rings is 1. The Balaban J connectivity index is 1.85. The lowest BCUT2D eigenvalue weighted by Crippen LogP contribution is -2.42. The van der Waals surface area contributed by atoms with Crippen LogP contribution in [0.1, 0.15) is 18.1 Å². The van der Waals surface area contributed by atoms with Gasteiger partial charge >= 0.3 is 12.0 Å². The third-order valence-electron chi connectivity index (χ3n) is 3.47. The molecule has 1 aliphatic rings. The van der Waals surface area contributed by atoms with Crippen LogP contribution in [0, 0.1) is 13.8 Å². The van der Waals surface area contributed by atoms with Crippen LogP contribution < -0.4 is 10.1 Å². The van der Waals surface area contributed by atoms with E-state index < -0.39 is 24.0 Å². The smallest absolute Gasteiger partial charge is 0.344 e. The Bertz CT molecular complexity index is 629. The minimum atomic E-state index is -1.03. The van der Waals surface area contributed by atoms with Gasteiger partial charge in [0, 0.05) is 13.1 Å². The number of amides is 3. The molecule has 3 amide bonds. The van der Waals surface area contributed by atoms with E-state index in [9.17, 15) is 14.4 Å². The summed E-state index contributed by atoms with van der Waals surface area (Å²) in [5.74, 6) is -0.605. The van der Waals surface area contributed by atoms with E-state index in [-0.39, 0.29) is 13.2 Å². The summed E-state index contributed by atoms with van der Waals surface area (Å²) in [6, 6.07) is 5.20. The molecule has 124 valence electrons. The molecule has 1 unspecified atom stereocenters. The lowest BCUT2D eigenvalue weighted by Gasteiger charge is -2.18. The van der Waals surface area contributed by atoms with Crippen molar-refractivity contribution in [2.75, 3.05) is 19.7 Å². The first-order valence-corrected chi connectivity index (χ1v) is 7.37. The number of carbonyl (C=O) groups is 3. The molecule has 2 rings (SSSR count). The van der Waals surface area contributed by atoms with Gasteiger partial charge in [0.2, 0.25) is 0 Å². The van der Waals surface area contributed by atoms with Crippen LogP contribution in [-0.4, -0.2) is 48.6 Å². The van der Waals surface area contributed by atoms with Crippen LogP contribution >= 0.6 is 0 Å². The lowest BCUT2D eigenvalue weighted by atomic mass is 10.1. The molecule has 1 aliphatic heterocycles. The van der Waals surface area contributed by atoms with E-state index in [1.807, 2.05) is 32.0 Å². The van der Waals surface area contributed by atoms with Crippen molar-refractivity contribution in [2.45, 2.75) is 26.9 Å². The molecular weight excluding hydrogens is 300 g/mol. The van der Waals surface area contributed by atoms with Gasteiger partial charge < -0.3 is 14.8 Å². The second kappa shape index (κ2) is 7.13. The van der Waals surface area contributed by atoms with Gasteiger partial charge in [0.05, 0.1) is 0 Å². The van der Waals surface area contributed by atoms with E-state index in [0.29, 0.717) is 12.3 Å². The predicted molar refractivity (Wildman–Crippen MR) is 82.1 cm³/mol. The largest absolute Gasteiger partial charge is 0.482 e. The molecule has 0 radical (unpaired) electrons. The highest BCUT2D eigenvalue weighted by Crippen LogP contribution is 2.19. The summed E-state index contributed by atoms with van der Waals surface area (Å²) in [6.45, 7) is 5.61. The SMILES string of the molecule is Cc1ccc(C)c(OCC(=O)OC(C)C(=O)N2CCNC2=O)c1. The van der Waals surface area contributed by atoms with Crippen molar-refractivity contribution in [3.05, 3.63) is 29.3 Å². The Morgan fingerprint density at radius 1 is 1.35 bits per heavy atom. The van der Waals surface area contributed by atoms with Crippen LogP contribution in [0.5, 0.6) is 5.75 Å². The molecule has 7 heteroatoms. The average Bonchev–Trinajstić information content (AvgIpc) is 2.93. The number of esters is 1. The van der Waals surface area contributed by atoms with Gasteiger partial charge in [-0.05, 0) is 38.0 Å². The fraction of sp³-hybridized carbons (Fsp3) is 0.438. The van der Waals surface area contributed by atoms with Crippen molar-refractivity contribution >= 4 is 17.9 Å². The summed E-state index contributed by atoms with van der Waals surface area (Å²) in [6.07, 6.45) is -1.03. The highest BCUT2D eigenvalue weighted by Gasteiger charge is 2.31. The minimum absolute atomic E-state index is 0.276. The van der Waals surface area contributed by atoms with Crippen molar-refractivity contribution in [3.8, 4) is 5.75 Å². The lowest BCUT2D eigenvalue weighted by molar-refractivity contribution is -0.159. The molecule has 0 aromatic heterocycles. The fourth-order valence-corrected chi connectivity index (χ4v) is 2.18. The van der Waals surface area contributed by atoms with Crippen molar-refractivity contribution in [3.63, 3.8) is 0 Å². The van der Waals surface area contributed by atoms with E-state index >= 15 is 0 Å². The predicted octanol–water partition coefficient (Wildman–Crippen LogP) is 1.17. The molecule has 0 bridgehead atoms. The zero-order valence-corrected chi connectivity index (χ0v) is 13.4. The number of nitrogens with zero attached hydrogens (tertiary/aromatic N) is 1. The maximum atomic E-state index is 12.0. The van der Waals surface area contributed by atoms with Gasteiger partial charge in [0.25, 0.3) is 5.91 Å².